The van der Waals surface area contributed by atoms with Crippen molar-refractivity contribution >= 4 is 11.8 Å². The number of aryl methyl sites for hydroxylation is 1. The summed E-state index contributed by atoms with van der Waals surface area (Å²) in [6, 6.07) is 10.9. The number of amides is 2. The molecule has 2 amide bonds. The Morgan fingerprint density at radius 3 is 2.47 bits per heavy atom. The zero-order valence-corrected chi connectivity index (χ0v) is 23.1. The third-order valence-corrected chi connectivity index (χ3v) is 8.79. The Balaban J connectivity index is 1.33. The van der Waals surface area contributed by atoms with Gasteiger partial charge in [-0.05, 0) is 82.5 Å². The van der Waals surface area contributed by atoms with E-state index < -0.39 is 0 Å². The highest BCUT2D eigenvalue weighted by Gasteiger charge is 2.27. The van der Waals surface area contributed by atoms with Crippen molar-refractivity contribution in [3.8, 4) is 11.3 Å². The topological polar surface area (TPSA) is 79.3 Å². The maximum atomic E-state index is 13.6. The molecule has 0 radical (unpaired) electrons. The molecule has 206 valence electrons. The fraction of sp³-hybridized carbons (Fsp3) is 0.645. The van der Waals surface area contributed by atoms with Crippen molar-refractivity contribution in [2.75, 3.05) is 19.6 Å². The summed E-state index contributed by atoms with van der Waals surface area (Å²) in [5.41, 5.74) is 3.92. The molecule has 1 atom stereocenters. The standard InChI is InChI=1S/C31H45N5O2/c1-2-23-11-4-7-16-27(23)29-22-28(34-36(29)26-14-5-6-15-26)31(38)33-25(17-20-35-18-8-3-9-19-35)21-30(37)32-24-12-10-13-24/h4,7,11,16,22,24-26H,2-3,5-6,8-10,12-15,17-21H2,1H3,(H,32,37)(H,33,38). The Kier molecular flexibility index (Phi) is 9.15. The number of benzene rings is 1. The SMILES string of the molecule is CCc1ccccc1-c1cc(C(=O)NC(CCN2CCCCC2)CC(=O)NC2CCC2)nn1C1CCCC1. The zero-order chi connectivity index (χ0) is 26.3. The molecule has 1 saturated heterocycles. The van der Waals surface area contributed by atoms with Gasteiger partial charge in [-0.2, -0.15) is 5.10 Å². The molecular weight excluding hydrogens is 474 g/mol. The summed E-state index contributed by atoms with van der Waals surface area (Å²) in [7, 11) is 0. The van der Waals surface area contributed by atoms with E-state index in [1.165, 1.54) is 44.1 Å². The maximum absolute atomic E-state index is 13.6. The first kappa shape index (κ1) is 26.9. The first-order valence-electron chi connectivity index (χ1n) is 15.1. The first-order chi connectivity index (χ1) is 18.6. The summed E-state index contributed by atoms with van der Waals surface area (Å²) in [6.45, 7) is 5.31. The minimum Gasteiger partial charge on any atom is -0.353 e. The van der Waals surface area contributed by atoms with Crippen LogP contribution in [0.5, 0.6) is 0 Å². The van der Waals surface area contributed by atoms with E-state index in [2.05, 4.69) is 51.4 Å². The molecule has 2 aromatic rings. The zero-order valence-electron chi connectivity index (χ0n) is 23.1. The van der Waals surface area contributed by atoms with Gasteiger partial charge in [-0.1, -0.05) is 50.5 Å². The molecule has 7 nitrogen and oxygen atoms in total. The van der Waals surface area contributed by atoms with E-state index in [-0.39, 0.29) is 17.9 Å². The van der Waals surface area contributed by atoms with E-state index in [1.54, 1.807) is 0 Å². The van der Waals surface area contributed by atoms with Crippen molar-refractivity contribution in [1.29, 1.82) is 0 Å². The lowest BCUT2D eigenvalue weighted by Crippen LogP contribution is -2.45. The van der Waals surface area contributed by atoms with Crippen LogP contribution in [0.25, 0.3) is 11.3 Å². The lowest BCUT2D eigenvalue weighted by Gasteiger charge is -2.29. The molecule has 2 heterocycles. The van der Waals surface area contributed by atoms with Crippen LogP contribution >= 0.6 is 0 Å². The van der Waals surface area contributed by atoms with Crippen molar-refractivity contribution < 1.29 is 9.59 Å². The van der Waals surface area contributed by atoms with Crippen LogP contribution in [0.15, 0.2) is 30.3 Å². The Hall–Kier alpha value is -2.67. The second-order valence-electron chi connectivity index (χ2n) is 11.6. The largest absolute Gasteiger partial charge is 0.353 e. The highest BCUT2D eigenvalue weighted by molar-refractivity contribution is 5.94. The number of hydrogen-bond donors (Lipinski definition) is 2. The van der Waals surface area contributed by atoms with Crippen molar-refractivity contribution in [1.82, 2.24) is 25.3 Å². The van der Waals surface area contributed by atoms with E-state index >= 15 is 0 Å². The Bertz CT molecular complexity index is 1080. The summed E-state index contributed by atoms with van der Waals surface area (Å²) in [6.07, 6.45) is 13.7. The van der Waals surface area contributed by atoms with Gasteiger partial charge in [0.1, 0.15) is 0 Å². The minimum absolute atomic E-state index is 0.0488. The van der Waals surface area contributed by atoms with E-state index in [0.717, 1.165) is 69.4 Å². The fourth-order valence-electron chi connectivity index (χ4n) is 6.28. The van der Waals surface area contributed by atoms with Crippen LogP contribution in [-0.2, 0) is 11.2 Å². The monoisotopic (exact) mass is 519 g/mol. The fourth-order valence-corrected chi connectivity index (χ4v) is 6.28. The average molecular weight is 520 g/mol. The number of hydrogen-bond acceptors (Lipinski definition) is 4. The summed E-state index contributed by atoms with van der Waals surface area (Å²) in [5.74, 6) is -0.121. The van der Waals surface area contributed by atoms with Gasteiger partial charge < -0.3 is 15.5 Å². The van der Waals surface area contributed by atoms with Gasteiger partial charge in [0.25, 0.3) is 5.91 Å². The molecule has 0 bridgehead atoms. The van der Waals surface area contributed by atoms with Gasteiger partial charge in [0.05, 0.1) is 11.7 Å². The number of piperidine rings is 1. The van der Waals surface area contributed by atoms with Crippen molar-refractivity contribution in [3.05, 3.63) is 41.6 Å². The molecule has 2 aliphatic carbocycles. The van der Waals surface area contributed by atoms with Gasteiger partial charge in [-0.25, -0.2) is 0 Å². The van der Waals surface area contributed by atoms with Gasteiger partial charge in [-0.15, -0.1) is 0 Å². The molecule has 5 rings (SSSR count). The van der Waals surface area contributed by atoms with Crippen molar-refractivity contribution in [3.63, 3.8) is 0 Å². The molecule has 2 N–H and O–H groups in total. The van der Waals surface area contributed by atoms with E-state index in [1.807, 2.05) is 6.07 Å². The van der Waals surface area contributed by atoms with Crippen LogP contribution < -0.4 is 10.6 Å². The highest BCUT2D eigenvalue weighted by atomic mass is 16.2. The first-order valence-corrected chi connectivity index (χ1v) is 15.1. The molecule has 38 heavy (non-hydrogen) atoms. The maximum Gasteiger partial charge on any atom is 0.272 e. The molecule has 3 fully saturated rings. The van der Waals surface area contributed by atoms with E-state index in [4.69, 9.17) is 5.10 Å². The molecule has 7 heteroatoms. The normalized spacial score (nSPS) is 19.7. The van der Waals surface area contributed by atoms with Gasteiger partial charge in [-0.3, -0.25) is 14.3 Å². The van der Waals surface area contributed by atoms with Crippen molar-refractivity contribution in [2.45, 2.75) is 109 Å². The average Bonchev–Trinajstić information content (AvgIpc) is 3.60. The van der Waals surface area contributed by atoms with Crippen LogP contribution in [0.1, 0.15) is 106 Å². The van der Waals surface area contributed by atoms with Gasteiger partial charge >= 0.3 is 0 Å². The van der Waals surface area contributed by atoms with Gasteiger partial charge in [0.2, 0.25) is 5.91 Å². The molecular formula is C31H45N5O2. The second-order valence-corrected chi connectivity index (χ2v) is 11.6. The third kappa shape index (κ3) is 6.66. The number of nitrogens with zero attached hydrogens (tertiary/aromatic N) is 3. The molecule has 1 aromatic carbocycles. The van der Waals surface area contributed by atoms with Crippen LogP contribution in [0.2, 0.25) is 0 Å². The number of nitrogens with one attached hydrogen (secondary N) is 2. The summed E-state index contributed by atoms with van der Waals surface area (Å²) >= 11 is 0. The van der Waals surface area contributed by atoms with Crippen LogP contribution in [0, 0.1) is 0 Å². The van der Waals surface area contributed by atoms with Crippen LogP contribution in [0.3, 0.4) is 0 Å². The smallest absolute Gasteiger partial charge is 0.272 e. The molecule has 3 aliphatic rings. The van der Waals surface area contributed by atoms with Gasteiger partial charge in [0, 0.05) is 30.6 Å². The van der Waals surface area contributed by atoms with E-state index in [0.29, 0.717) is 24.2 Å². The second kappa shape index (κ2) is 12.9. The number of aromatic nitrogens is 2. The number of carbonyl (C=O) groups excluding carboxylic acids is 2. The lowest BCUT2D eigenvalue weighted by atomic mass is 9.93. The predicted molar refractivity (Wildman–Crippen MR) is 151 cm³/mol. The minimum atomic E-state index is -0.201. The number of likely N-dealkylation sites (tertiary alicyclic amines) is 1. The highest BCUT2D eigenvalue weighted by Crippen LogP contribution is 2.35. The molecule has 1 unspecified atom stereocenters. The number of carbonyl (C=O) groups is 2. The van der Waals surface area contributed by atoms with Crippen molar-refractivity contribution in [2.24, 2.45) is 0 Å². The molecule has 1 aromatic heterocycles. The van der Waals surface area contributed by atoms with E-state index in [9.17, 15) is 9.59 Å². The van der Waals surface area contributed by atoms with Gasteiger partial charge in [0.15, 0.2) is 5.69 Å². The Morgan fingerprint density at radius 2 is 1.76 bits per heavy atom. The summed E-state index contributed by atoms with van der Waals surface area (Å²) in [4.78, 5) is 28.9. The molecule has 1 aliphatic heterocycles. The Labute approximate surface area is 227 Å². The van der Waals surface area contributed by atoms with Crippen LogP contribution in [-0.4, -0.2) is 58.2 Å². The quantitative estimate of drug-likeness (QED) is 0.424. The molecule has 0 spiro atoms. The number of rotatable bonds is 11. The lowest BCUT2D eigenvalue weighted by molar-refractivity contribution is -0.122. The summed E-state index contributed by atoms with van der Waals surface area (Å²) in [5, 5.41) is 11.3. The van der Waals surface area contributed by atoms with Crippen LogP contribution in [0.4, 0.5) is 0 Å². The third-order valence-electron chi connectivity index (χ3n) is 8.79. The predicted octanol–water partition coefficient (Wildman–Crippen LogP) is 5.26. The Morgan fingerprint density at radius 1 is 1.00 bits per heavy atom. The summed E-state index contributed by atoms with van der Waals surface area (Å²) < 4.78 is 2.11. The molecule has 2 saturated carbocycles.